The van der Waals surface area contributed by atoms with Gasteiger partial charge in [0.25, 0.3) is 5.56 Å². The molecule has 3 aromatic rings. The quantitative estimate of drug-likeness (QED) is 0.382. The number of nitrogens with one attached hydrogen (secondary N) is 1. The summed E-state index contributed by atoms with van der Waals surface area (Å²) in [5.74, 6) is -0.662. The van der Waals surface area contributed by atoms with Crippen LogP contribution in [0.25, 0.3) is 11.2 Å². The lowest BCUT2D eigenvalue weighted by Crippen LogP contribution is -2.38. The molecule has 1 amide bonds. The number of fused-ring (bicyclic) bond motifs is 2. The Morgan fingerprint density at radius 3 is 2.56 bits per heavy atom. The van der Waals surface area contributed by atoms with Crippen LogP contribution in [0.1, 0.15) is 22.1 Å². The van der Waals surface area contributed by atoms with E-state index in [1.165, 1.54) is 37.4 Å². The van der Waals surface area contributed by atoms with E-state index in [-0.39, 0.29) is 33.8 Å². The predicted molar refractivity (Wildman–Crippen MR) is 114 cm³/mol. The van der Waals surface area contributed by atoms with Crippen molar-refractivity contribution >= 4 is 39.0 Å². The number of ether oxygens (including phenoxy) is 3. The van der Waals surface area contributed by atoms with Crippen LogP contribution in [-0.4, -0.2) is 44.8 Å². The monoisotopic (exact) mass is 507 g/mol. The zero-order valence-corrected chi connectivity index (χ0v) is 19.0. The number of amides is 1. The summed E-state index contributed by atoms with van der Waals surface area (Å²) in [6.07, 6.45) is -1.05. The Bertz CT molecular complexity index is 1400. The summed E-state index contributed by atoms with van der Waals surface area (Å²) < 4.78 is 19.4. The summed E-state index contributed by atoms with van der Waals surface area (Å²) >= 11 is 3.23. The maximum Gasteiger partial charge on any atom is 0.344 e. The second kappa shape index (κ2) is 7.82. The molecule has 0 radical (unpaired) electrons. The molecule has 1 atom stereocenters. The lowest BCUT2D eigenvalue weighted by atomic mass is 10.1. The molecule has 1 aliphatic rings. The second-order valence-corrected chi connectivity index (χ2v) is 7.67. The van der Waals surface area contributed by atoms with Crippen molar-refractivity contribution in [2.45, 2.75) is 12.8 Å². The fourth-order valence-corrected chi connectivity index (χ4v) is 4.08. The lowest BCUT2D eigenvalue weighted by Gasteiger charge is -2.14. The summed E-state index contributed by atoms with van der Waals surface area (Å²) in [7, 11) is 5.65. The van der Waals surface area contributed by atoms with Gasteiger partial charge in [0.1, 0.15) is 12.1 Å². The molecule has 0 spiro atoms. The fraction of sp³-hybridized carbons (Fsp3) is 0.316. The van der Waals surface area contributed by atoms with E-state index < -0.39 is 29.4 Å². The topological polar surface area (TPSA) is 136 Å². The molecule has 32 heavy (non-hydrogen) atoms. The Morgan fingerprint density at radius 1 is 1.19 bits per heavy atom. The van der Waals surface area contributed by atoms with Crippen LogP contribution in [0.4, 0.5) is 0 Å². The SMILES string of the molecule is COc1ccc2c(c1OC)C(=O)OC2NC(=O)Cn1c(Br)nc2c1c(=O)n(C)c(=O)n2C. The Labute approximate surface area is 188 Å². The van der Waals surface area contributed by atoms with E-state index in [4.69, 9.17) is 14.2 Å². The van der Waals surface area contributed by atoms with Crippen molar-refractivity contribution < 1.29 is 23.8 Å². The molecule has 4 rings (SSSR count). The van der Waals surface area contributed by atoms with Crippen molar-refractivity contribution in [3.63, 3.8) is 0 Å². The van der Waals surface area contributed by atoms with Crippen LogP contribution >= 0.6 is 15.9 Å². The minimum absolute atomic E-state index is 0.0758. The van der Waals surface area contributed by atoms with Gasteiger partial charge in [0.05, 0.1) is 14.2 Å². The molecule has 0 fully saturated rings. The molecule has 12 nitrogen and oxygen atoms in total. The minimum Gasteiger partial charge on any atom is -0.493 e. The van der Waals surface area contributed by atoms with Gasteiger partial charge in [-0.2, -0.15) is 0 Å². The van der Waals surface area contributed by atoms with E-state index in [0.717, 1.165) is 4.57 Å². The maximum absolute atomic E-state index is 12.8. The number of aromatic nitrogens is 4. The van der Waals surface area contributed by atoms with Crippen LogP contribution in [-0.2, 0) is 30.2 Å². The number of esters is 1. The maximum atomic E-state index is 12.8. The van der Waals surface area contributed by atoms with E-state index in [2.05, 4.69) is 26.2 Å². The molecule has 0 bridgehead atoms. The van der Waals surface area contributed by atoms with Crippen LogP contribution in [0.5, 0.6) is 11.5 Å². The normalized spacial score (nSPS) is 14.9. The first-order valence-corrected chi connectivity index (χ1v) is 10.1. The van der Waals surface area contributed by atoms with Crippen molar-refractivity contribution in [3.8, 4) is 11.5 Å². The first kappa shape index (κ1) is 21.6. The van der Waals surface area contributed by atoms with Gasteiger partial charge in [-0.1, -0.05) is 0 Å². The molecule has 168 valence electrons. The van der Waals surface area contributed by atoms with Crippen LogP contribution in [0, 0.1) is 0 Å². The molecule has 13 heteroatoms. The van der Waals surface area contributed by atoms with Gasteiger partial charge in [-0.05, 0) is 28.1 Å². The van der Waals surface area contributed by atoms with E-state index >= 15 is 0 Å². The number of methoxy groups -OCH3 is 2. The van der Waals surface area contributed by atoms with E-state index in [9.17, 15) is 19.2 Å². The highest BCUT2D eigenvalue weighted by Gasteiger charge is 2.37. The first-order valence-electron chi connectivity index (χ1n) is 9.26. The third-order valence-corrected chi connectivity index (χ3v) is 5.79. The average molecular weight is 508 g/mol. The summed E-state index contributed by atoms with van der Waals surface area (Å²) in [6.45, 7) is -0.318. The van der Waals surface area contributed by atoms with Gasteiger partial charge in [0.15, 0.2) is 27.4 Å². The third-order valence-electron chi connectivity index (χ3n) is 5.18. The molecule has 0 saturated heterocycles. The number of halogens is 1. The Hall–Kier alpha value is -3.61. The van der Waals surface area contributed by atoms with Crippen LogP contribution < -0.4 is 26.0 Å². The number of benzene rings is 1. The molecule has 0 saturated carbocycles. The number of imidazole rings is 1. The summed E-state index contributed by atoms with van der Waals surface area (Å²) in [4.78, 5) is 54.2. The molecule has 1 N–H and O–H groups in total. The van der Waals surface area contributed by atoms with Gasteiger partial charge in [0, 0.05) is 19.7 Å². The Balaban J connectivity index is 1.67. The molecule has 1 unspecified atom stereocenters. The zero-order valence-electron chi connectivity index (χ0n) is 17.5. The van der Waals surface area contributed by atoms with Crippen LogP contribution in [0.15, 0.2) is 26.5 Å². The van der Waals surface area contributed by atoms with E-state index in [1.54, 1.807) is 12.1 Å². The molecule has 1 aliphatic heterocycles. The highest BCUT2D eigenvalue weighted by Crippen LogP contribution is 2.40. The Kier molecular flexibility index (Phi) is 5.28. The molecule has 1 aromatic carbocycles. The number of rotatable bonds is 5. The van der Waals surface area contributed by atoms with Crippen molar-refractivity contribution in [1.82, 2.24) is 24.0 Å². The van der Waals surface area contributed by atoms with Gasteiger partial charge in [-0.3, -0.25) is 18.7 Å². The molecular weight excluding hydrogens is 490 g/mol. The number of nitrogens with zero attached hydrogens (tertiary/aromatic N) is 4. The first-order chi connectivity index (χ1) is 15.2. The van der Waals surface area contributed by atoms with Crippen molar-refractivity contribution in [3.05, 3.63) is 48.8 Å². The number of hydrogen-bond acceptors (Lipinski definition) is 8. The number of hydrogen-bond donors (Lipinski definition) is 1. The van der Waals surface area contributed by atoms with Gasteiger partial charge in [-0.15, -0.1) is 0 Å². The van der Waals surface area contributed by atoms with E-state index in [1.807, 2.05) is 0 Å². The zero-order chi connectivity index (χ0) is 23.3. The van der Waals surface area contributed by atoms with Gasteiger partial charge >= 0.3 is 11.7 Å². The van der Waals surface area contributed by atoms with Gasteiger partial charge in [-0.25, -0.2) is 14.6 Å². The number of aryl methyl sites for hydroxylation is 1. The number of cyclic esters (lactones) is 1. The smallest absolute Gasteiger partial charge is 0.344 e. The highest BCUT2D eigenvalue weighted by atomic mass is 79.9. The number of carbonyl (C=O) groups excluding carboxylic acids is 2. The number of carbonyl (C=O) groups is 2. The summed E-state index contributed by atoms with van der Waals surface area (Å²) in [5, 5.41) is 2.62. The molecule has 0 aliphatic carbocycles. The molecule has 2 aromatic heterocycles. The highest BCUT2D eigenvalue weighted by molar-refractivity contribution is 9.10. The summed E-state index contributed by atoms with van der Waals surface area (Å²) in [5.41, 5.74) is -0.352. The molecular formula is C19H18BrN5O7. The van der Waals surface area contributed by atoms with Crippen molar-refractivity contribution in [2.24, 2.45) is 14.1 Å². The molecule has 3 heterocycles. The fourth-order valence-electron chi connectivity index (χ4n) is 3.61. The third kappa shape index (κ3) is 3.16. The lowest BCUT2D eigenvalue weighted by molar-refractivity contribution is -0.124. The second-order valence-electron chi connectivity index (χ2n) is 6.96. The van der Waals surface area contributed by atoms with E-state index in [0.29, 0.717) is 11.3 Å². The van der Waals surface area contributed by atoms with Gasteiger partial charge < -0.3 is 24.1 Å². The largest absolute Gasteiger partial charge is 0.493 e. The van der Waals surface area contributed by atoms with Crippen molar-refractivity contribution in [2.75, 3.05) is 14.2 Å². The Morgan fingerprint density at radius 2 is 1.91 bits per heavy atom. The van der Waals surface area contributed by atoms with Crippen LogP contribution in [0.3, 0.4) is 0 Å². The minimum atomic E-state index is -1.05. The standard InChI is InChI=1S/C19H18BrN5O7/c1-23-14-12(16(27)24(2)19(23)29)25(18(20)22-14)7-10(26)21-15-8-5-6-9(30-3)13(31-4)11(8)17(28)32-15/h5-6,15H,7H2,1-4H3,(H,21,26). The van der Waals surface area contributed by atoms with Gasteiger partial charge in [0.2, 0.25) is 12.1 Å². The summed E-state index contributed by atoms with van der Waals surface area (Å²) in [6, 6.07) is 3.20. The van der Waals surface area contributed by atoms with Crippen molar-refractivity contribution in [1.29, 1.82) is 0 Å². The van der Waals surface area contributed by atoms with Crippen LogP contribution in [0.2, 0.25) is 0 Å². The predicted octanol–water partition coefficient (Wildman–Crippen LogP) is 0.199. The average Bonchev–Trinajstić information content (AvgIpc) is 3.26.